The molecule has 2 amide bonds. The largest absolute Gasteiger partial charge is 0.305 e. The van der Waals surface area contributed by atoms with Gasteiger partial charge in [-0.05, 0) is 61.4 Å². The number of benzene rings is 3. The zero-order chi connectivity index (χ0) is 22.0. The summed E-state index contributed by atoms with van der Waals surface area (Å²) in [5, 5.41) is 0.597. The third-order valence-electron chi connectivity index (χ3n) is 5.79. The van der Waals surface area contributed by atoms with Gasteiger partial charge in [-0.2, -0.15) is 0 Å². The zero-order valence-corrected chi connectivity index (χ0v) is 18.4. The molecule has 3 aromatic rings. The molecule has 0 saturated heterocycles. The topological polar surface area (TPSA) is 40.6 Å². The smallest absolute Gasteiger partial charge is 0.258 e. The third-order valence-corrected chi connectivity index (χ3v) is 6.04. The molecule has 4 nitrogen and oxygen atoms in total. The van der Waals surface area contributed by atoms with E-state index in [1.165, 1.54) is 0 Å². The molecule has 0 fully saturated rings. The van der Waals surface area contributed by atoms with E-state index in [-0.39, 0.29) is 23.9 Å². The second-order valence-electron chi connectivity index (χ2n) is 7.79. The van der Waals surface area contributed by atoms with Crippen LogP contribution in [0.5, 0.6) is 0 Å². The lowest BCUT2D eigenvalue weighted by Gasteiger charge is -2.43. The van der Waals surface area contributed by atoms with E-state index in [9.17, 15) is 9.59 Å². The molecule has 31 heavy (non-hydrogen) atoms. The molecule has 2 atom stereocenters. The summed E-state index contributed by atoms with van der Waals surface area (Å²) in [5.74, 6) is -0.00109. The van der Waals surface area contributed by atoms with Gasteiger partial charge in [-0.3, -0.25) is 9.59 Å². The number of carbonyl (C=O) groups is 2. The number of anilines is 2. The molecule has 5 heteroatoms. The van der Waals surface area contributed by atoms with Crippen molar-refractivity contribution in [2.75, 3.05) is 9.80 Å². The molecule has 0 aromatic heterocycles. The minimum Gasteiger partial charge on any atom is -0.305 e. The van der Waals surface area contributed by atoms with E-state index in [4.69, 9.17) is 11.6 Å². The number of amides is 2. The van der Waals surface area contributed by atoms with Crippen molar-refractivity contribution in [2.45, 2.75) is 38.8 Å². The van der Waals surface area contributed by atoms with Gasteiger partial charge >= 0.3 is 0 Å². The highest BCUT2D eigenvalue weighted by molar-refractivity contribution is 6.30. The van der Waals surface area contributed by atoms with Crippen LogP contribution in [0, 0.1) is 0 Å². The molecule has 0 saturated carbocycles. The second kappa shape index (κ2) is 8.94. The maximum Gasteiger partial charge on any atom is 0.258 e. The maximum absolute atomic E-state index is 13.4. The number of fused-ring (bicyclic) bond motifs is 1. The summed E-state index contributed by atoms with van der Waals surface area (Å²) in [6.07, 6.45) is 1.06. The molecule has 4 rings (SSSR count). The predicted molar refractivity (Wildman–Crippen MR) is 126 cm³/mol. The van der Waals surface area contributed by atoms with Crippen LogP contribution < -0.4 is 9.80 Å². The monoisotopic (exact) mass is 432 g/mol. The fourth-order valence-electron chi connectivity index (χ4n) is 4.32. The third kappa shape index (κ3) is 4.08. The number of halogens is 1. The van der Waals surface area contributed by atoms with Gasteiger partial charge in [-0.15, -0.1) is 0 Å². The number of hydrogen-bond donors (Lipinski definition) is 0. The standard InChI is InChI=1S/C26H25ClN2O2/c1-3-25(30)29(21-9-5-4-6-10-21)24-17-18(2)28(23-12-8-7-11-22(23)24)26(31)19-13-15-20(27)16-14-19/h4-16,18,24H,3,17H2,1-2H3. The second-order valence-corrected chi connectivity index (χ2v) is 8.23. The normalized spacial score (nSPS) is 17.7. The molecule has 0 bridgehead atoms. The van der Waals surface area contributed by atoms with Crippen molar-refractivity contribution in [1.29, 1.82) is 0 Å². The minimum atomic E-state index is -0.143. The van der Waals surface area contributed by atoms with Crippen LogP contribution in [0.4, 0.5) is 11.4 Å². The van der Waals surface area contributed by atoms with E-state index >= 15 is 0 Å². The zero-order valence-electron chi connectivity index (χ0n) is 17.7. The van der Waals surface area contributed by atoms with Crippen molar-refractivity contribution >= 4 is 34.8 Å². The molecule has 0 N–H and O–H groups in total. The van der Waals surface area contributed by atoms with Crippen molar-refractivity contribution in [3.8, 4) is 0 Å². The Balaban J connectivity index is 1.78. The van der Waals surface area contributed by atoms with E-state index in [1.54, 1.807) is 24.3 Å². The van der Waals surface area contributed by atoms with Crippen LogP contribution >= 0.6 is 11.6 Å². The quantitative estimate of drug-likeness (QED) is 0.488. The van der Waals surface area contributed by atoms with Crippen molar-refractivity contribution in [3.63, 3.8) is 0 Å². The van der Waals surface area contributed by atoms with Gasteiger partial charge in [0.25, 0.3) is 5.91 Å². The van der Waals surface area contributed by atoms with E-state index < -0.39 is 0 Å². The first kappa shape index (κ1) is 21.1. The van der Waals surface area contributed by atoms with Gasteiger partial charge in [0.1, 0.15) is 0 Å². The highest BCUT2D eigenvalue weighted by atomic mass is 35.5. The lowest BCUT2D eigenvalue weighted by molar-refractivity contribution is -0.118. The lowest BCUT2D eigenvalue weighted by Crippen LogP contribution is -2.47. The van der Waals surface area contributed by atoms with Crippen LogP contribution in [-0.4, -0.2) is 17.9 Å². The Bertz CT molecular complexity index is 1080. The Hall–Kier alpha value is -3.11. The highest BCUT2D eigenvalue weighted by Gasteiger charge is 2.38. The van der Waals surface area contributed by atoms with Gasteiger partial charge in [-0.1, -0.05) is 54.9 Å². The molecule has 0 radical (unpaired) electrons. The fraction of sp³-hybridized carbons (Fsp3) is 0.231. The van der Waals surface area contributed by atoms with Crippen LogP contribution in [0.1, 0.15) is 48.7 Å². The minimum absolute atomic E-state index is 0.0654. The molecular formula is C26H25ClN2O2. The van der Waals surface area contributed by atoms with E-state index in [1.807, 2.05) is 78.2 Å². The number of rotatable bonds is 4. The molecular weight excluding hydrogens is 408 g/mol. The molecule has 1 aliphatic rings. The van der Waals surface area contributed by atoms with Crippen molar-refractivity contribution < 1.29 is 9.59 Å². The van der Waals surface area contributed by atoms with E-state index in [2.05, 4.69) is 0 Å². The summed E-state index contributed by atoms with van der Waals surface area (Å²) in [6, 6.07) is 24.4. The van der Waals surface area contributed by atoms with Gasteiger partial charge in [0.15, 0.2) is 0 Å². The van der Waals surface area contributed by atoms with E-state index in [0.717, 1.165) is 16.9 Å². The van der Waals surface area contributed by atoms with Crippen LogP contribution in [0.25, 0.3) is 0 Å². The predicted octanol–water partition coefficient (Wildman–Crippen LogP) is 6.26. The summed E-state index contributed by atoms with van der Waals surface area (Å²) in [5.41, 5.74) is 3.29. The average molecular weight is 433 g/mol. The molecule has 3 aromatic carbocycles. The Morgan fingerprint density at radius 3 is 2.29 bits per heavy atom. The first-order chi connectivity index (χ1) is 15.0. The Morgan fingerprint density at radius 2 is 1.61 bits per heavy atom. The molecule has 1 aliphatic heterocycles. The fourth-order valence-corrected chi connectivity index (χ4v) is 4.45. The van der Waals surface area contributed by atoms with Crippen LogP contribution in [0.15, 0.2) is 78.9 Å². The van der Waals surface area contributed by atoms with Gasteiger partial charge < -0.3 is 9.80 Å². The van der Waals surface area contributed by atoms with Crippen LogP contribution in [0.2, 0.25) is 5.02 Å². The van der Waals surface area contributed by atoms with Crippen molar-refractivity contribution in [2.24, 2.45) is 0 Å². The molecule has 0 spiro atoms. The number of carbonyl (C=O) groups excluding carboxylic acids is 2. The molecule has 158 valence electrons. The van der Waals surface area contributed by atoms with Crippen molar-refractivity contribution in [3.05, 3.63) is 95.0 Å². The van der Waals surface area contributed by atoms with Gasteiger partial charge in [0.2, 0.25) is 5.91 Å². The Kier molecular flexibility index (Phi) is 6.10. The first-order valence-corrected chi connectivity index (χ1v) is 10.9. The van der Waals surface area contributed by atoms with Gasteiger partial charge in [0, 0.05) is 34.4 Å². The highest BCUT2D eigenvalue weighted by Crippen LogP contribution is 2.42. The Labute approximate surface area is 188 Å². The maximum atomic E-state index is 13.4. The molecule has 1 heterocycles. The molecule has 2 unspecified atom stereocenters. The van der Waals surface area contributed by atoms with Crippen LogP contribution in [0.3, 0.4) is 0 Å². The SMILES string of the molecule is CCC(=O)N(c1ccccc1)C1CC(C)N(C(=O)c2ccc(Cl)cc2)c2ccccc21. The number of nitrogens with zero attached hydrogens (tertiary/aromatic N) is 2. The summed E-state index contributed by atoms with van der Waals surface area (Å²) < 4.78 is 0. The first-order valence-electron chi connectivity index (χ1n) is 10.6. The number of para-hydroxylation sites is 2. The van der Waals surface area contributed by atoms with Crippen molar-refractivity contribution in [1.82, 2.24) is 0 Å². The summed E-state index contributed by atoms with van der Waals surface area (Å²) >= 11 is 6.01. The summed E-state index contributed by atoms with van der Waals surface area (Å²) in [7, 11) is 0. The average Bonchev–Trinajstić information content (AvgIpc) is 2.80. The lowest BCUT2D eigenvalue weighted by atomic mass is 9.89. The molecule has 0 aliphatic carbocycles. The Morgan fingerprint density at radius 1 is 0.968 bits per heavy atom. The summed E-state index contributed by atoms with van der Waals surface area (Å²) in [4.78, 5) is 30.2. The van der Waals surface area contributed by atoms with Gasteiger partial charge in [0.05, 0.1) is 6.04 Å². The van der Waals surface area contributed by atoms with E-state index in [0.29, 0.717) is 23.4 Å². The number of hydrogen-bond acceptors (Lipinski definition) is 2. The summed E-state index contributed by atoms with van der Waals surface area (Å²) in [6.45, 7) is 3.92. The van der Waals surface area contributed by atoms with Gasteiger partial charge in [-0.25, -0.2) is 0 Å². The van der Waals surface area contributed by atoms with Crippen LogP contribution in [-0.2, 0) is 4.79 Å².